The van der Waals surface area contributed by atoms with E-state index in [0.29, 0.717) is 5.52 Å². The van der Waals surface area contributed by atoms with E-state index in [1.807, 2.05) is 0 Å². The highest BCUT2D eigenvalue weighted by molar-refractivity contribution is 5.91. The molecule has 0 aliphatic carbocycles. The number of carboxylic acids is 1. The van der Waals surface area contributed by atoms with Gasteiger partial charge in [0.1, 0.15) is 5.52 Å². The molecular formula is C24H31N5O6. The molecule has 4 rings (SSSR count). The molecule has 2 aromatic heterocycles. The Morgan fingerprint density at radius 2 is 1.80 bits per heavy atom. The predicted octanol–water partition coefficient (Wildman–Crippen LogP) is 2.95. The second kappa shape index (κ2) is 13.0. The van der Waals surface area contributed by atoms with Crippen LogP contribution in [0.1, 0.15) is 47.3 Å². The number of anilines is 1. The van der Waals surface area contributed by atoms with E-state index in [1.54, 1.807) is 6.07 Å². The zero-order chi connectivity index (χ0) is 26.0. The molecule has 3 N–H and O–H groups in total. The Morgan fingerprint density at radius 1 is 1.17 bits per heavy atom. The van der Waals surface area contributed by atoms with Crippen molar-refractivity contribution in [2.75, 3.05) is 25.5 Å². The van der Waals surface area contributed by atoms with E-state index in [-0.39, 0.29) is 24.5 Å². The smallest absolute Gasteiger partial charge is 0.337 e. The van der Waals surface area contributed by atoms with Crippen LogP contribution in [-0.4, -0.2) is 74.3 Å². The number of carbonyl (C=O) groups is 3. The van der Waals surface area contributed by atoms with E-state index in [9.17, 15) is 9.90 Å². The summed E-state index contributed by atoms with van der Waals surface area (Å²) in [5.74, 6) is -0.110. The molecule has 35 heavy (non-hydrogen) atoms. The lowest BCUT2D eigenvalue weighted by molar-refractivity contribution is -0.123. The summed E-state index contributed by atoms with van der Waals surface area (Å²) in [6.07, 6.45) is 3.59. The van der Waals surface area contributed by atoms with Gasteiger partial charge in [-0.15, -0.1) is 0 Å². The number of fused-ring (bicyclic) bond motifs is 1. The van der Waals surface area contributed by atoms with Crippen molar-refractivity contribution in [1.29, 1.82) is 0 Å². The van der Waals surface area contributed by atoms with Crippen molar-refractivity contribution in [3.05, 3.63) is 53.2 Å². The molecular weight excluding hydrogens is 454 g/mol. The number of hydrogen-bond acceptors (Lipinski definition) is 7. The quantitative estimate of drug-likeness (QED) is 0.445. The number of benzene rings is 1. The van der Waals surface area contributed by atoms with Crippen LogP contribution in [0.2, 0.25) is 0 Å². The van der Waals surface area contributed by atoms with Gasteiger partial charge in [-0.2, -0.15) is 0 Å². The molecule has 188 valence electrons. The molecule has 1 atom stereocenters. The lowest BCUT2D eigenvalue weighted by atomic mass is 10.0. The summed E-state index contributed by atoms with van der Waals surface area (Å²) in [6, 6.07) is 10.7. The van der Waals surface area contributed by atoms with Crippen LogP contribution in [0, 0.1) is 0 Å². The van der Waals surface area contributed by atoms with Gasteiger partial charge in [0.25, 0.3) is 12.9 Å². The van der Waals surface area contributed by atoms with Crippen LogP contribution in [0.15, 0.2) is 36.5 Å². The molecule has 1 aliphatic rings. The van der Waals surface area contributed by atoms with Crippen LogP contribution in [-0.2, 0) is 22.7 Å². The molecule has 0 amide bonds. The lowest BCUT2D eigenvalue weighted by Gasteiger charge is -2.26. The number of aromatic carboxylic acids is 1. The number of aryl methyl sites for hydroxylation is 1. The summed E-state index contributed by atoms with van der Waals surface area (Å²) in [6.45, 7) is 4.16. The number of hydrogen-bond donors (Lipinski definition) is 3. The first-order valence-corrected chi connectivity index (χ1v) is 11.1. The molecule has 0 saturated carbocycles. The van der Waals surface area contributed by atoms with E-state index < -0.39 is 5.97 Å². The molecule has 11 heteroatoms. The molecule has 0 radical (unpaired) electrons. The largest absolute Gasteiger partial charge is 0.483 e. The lowest BCUT2D eigenvalue weighted by Crippen LogP contribution is -2.26. The SMILES string of the molecule is CCn1c(N2CCCC2c2ccc(CN(C)C)cc2)nc2cc(C(=O)O)cnc21.O=CO.O=CO. The normalized spacial score (nSPS) is 14.6. The zero-order valence-corrected chi connectivity index (χ0v) is 20.0. The molecule has 11 nitrogen and oxygen atoms in total. The molecule has 0 spiro atoms. The summed E-state index contributed by atoms with van der Waals surface area (Å²) in [7, 11) is 4.15. The van der Waals surface area contributed by atoms with Gasteiger partial charge in [0.2, 0.25) is 5.95 Å². The molecule has 3 aromatic rings. The first-order chi connectivity index (χ1) is 16.8. The van der Waals surface area contributed by atoms with Gasteiger partial charge in [-0.05, 0) is 51.1 Å². The van der Waals surface area contributed by atoms with E-state index in [1.165, 1.54) is 17.3 Å². The van der Waals surface area contributed by atoms with Gasteiger partial charge in [-0.3, -0.25) is 14.2 Å². The fourth-order valence-corrected chi connectivity index (χ4v) is 4.19. The predicted molar refractivity (Wildman–Crippen MR) is 131 cm³/mol. The fraction of sp³-hybridized carbons (Fsp3) is 0.375. The Kier molecular flexibility index (Phi) is 10.2. The number of carboxylic acid groups (broad SMARTS) is 3. The van der Waals surface area contributed by atoms with Crippen molar-refractivity contribution >= 4 is 36.0 Å². The van der Waals surface area contributed by atoms with E-state index in [2.05, 4.69) is 64.6 Å². The van der Waals surface area contributed by atoms with Gasteiger partial charge in [0, 0.05) is 25.8 Å². The summed E-state index contributed by atoms with van der Waals surface area (Å²) >= 11 is 0. The molecule has 1 fully saturated rings. The van der Waals surface area contributed by atoms with E-state index >= 15 is 0 Å². The van der Waals surface area contributed by atoms with Crippen LogP contribution >= 0.6 is 0 Å². The Morgan fingerprint density at radius 3 is 2.34 bits per heavy atom. The number of rotatable bonds is 6. The van der Waals surface area contributed by atoms with Crippen molar-refractivity contribution in [2.24, 2.45) is 0 Å². The van der Waals surface area contributed by atoms with Crippen molar-refractivity contribution in [2.45, 2.75) is 38.9 Å². The van der Waals surface area contributed by atoms with Crippen molar-refractivity contribution in [1.82, 2.24) is 19.4 Å². The van der Waals surface area contributed by atoms with Gasteiger partial charge < -0.3 is 25.1 Å². The number of aromatic nitrogens is 3. The molecule has 1 unspecified atom stereocenters. The monoisotopic (exact) mass is 485 g/mol. The second-order valence-electron chi connectivity index (χ2n) is 8.07. The Balaban J connectivity index is 0.000000655. The number of imidazole rings is 1. The van der Waals surface area contributed by atoms with Crippen molar-refractivity contribution in [3.8, 4) is 0 Å². The second-order valence-corrected chi connectivity index (χ2v) is 8.07. The molecule has 3 heterocycles. The van der Waals surface area contributed by atoms with E-state index in [4.69, 9.17) is 24.8 Å². The molecule has 1 aromatic carbocycles. The summed E-state index contributed by atoms with van der Waals surface area (Å²) < 4.78 is 2.08. The standard InChI is InChI=1S/C22H27N5O2.2CH2O2/c1-4-26-20-18(12-17(13-23-20)21(28)29)24-22(26)27-11-5-6-19(27)16-9-7-15(8-10-16)14-25(2)3;2*2-1-3/h7-10,12-13,19H,4-6,11,14H2,1-3H3,(H,28,29);2*1H,(H,2,3). The highest BCUT2D eigenvalue weighted by atomic mass is 16.4. The minimum Gasteiger partial charge on any atom is -0.483 e. The number of pyridine rings is 1. The zero-order valence-electron chi connectivity index (χ0n) is 20.0. The maximum atomic E-state index is 11.3. The minimum absolute atomic E-state index is 0.166. The molecule has 0 bridgehead atoms. The van der Waals surface area contributed by atoms with Crippen LogP contribution < -0.4 is 4.90 Å². The third-order valence-electron chi connectivity index (χ3n) is 5.50. The van der Waals surface area contributed by atoms with Gasteiger partial charge >= 0.3 is 5.97 Å². The Hall–Kier alpha value is -3.99. The maximum absolute atomic E-state index is 11.3. The summed E-state index contributed by atoms with van der Waals surface area (Å²) in [4.78, 5) is 41.7. The van der Waals surface area contributed by atoms with Crippen molar-refractivity contribution < 1.29 is 29.7 Å². The van der Waals surface area contributed by atoms with Crippen LogP contribution in [0.25, 0.3) is 11.2 Å². The van der Waals surface area contributed by atoms with Gasteiger partial charge in [-0.1, -0.05) is 24.3 Å². The highest BCUT2D eigenvalue weighted by Gasteiger charge is 2.30. The van der Waals surface area contributed by atoms with E-state index in [0.717, 1.165) is 44.1 Å². The van der Waals surface area contributed by atoms with Crippen LogP contribution in [0.4, 0.5) is 5.95 Å². The Bertz CT molecular complexity index is 1120. The number of nitrogens with zero attached hydrogens (tertiary/aromatic N) is 5. The molecule has 1 aliphatic heterocycles. The third kappa shape index (κ3) is 6.76. The van der Waals surface area contributed by atoms with Crippen LogP contribution in [0.5, 0.6) is 0 Å². The first kappa shape index (κ1) is 27.3. The third-order valence-corrected chi connectivity index (χ3v) is 5.50. The van der Waals surface area contributed by atoms with Gasteiger partial charge in [0.05, 0.1) is 11.6 Å². The minimum atomic E-state index is -0.983. The highest BCUT2D eigenvalue weighted by Crippen LogP contribution is 2.37. The topological polar surface area (TPSA) is 149 Å². The average molecular weight is 486 g/mol. The first-order valence-electron chi connectivity index (χ1n) is 11.1. The van der Waals surface area contributed by atoms with Crippen LogP contribution in [0.3, 0.4) is 0 Å². The summed E-state index contributed by atoms with van der Waals surface area (Å²) in [5.41, 5.74) is 4.13. The fourth-order valence-electron chi connectivity index (χ4n) is 4.19. The maximum Gasteiger partial charge on any atom is 0.337 e. The average Bonchev–Trinajstić information content (AvgIpc) is 3.44. The summed E-state index contributed by atoms with van der Waals surface area (Å²) in [5, 5.41) is 23.0. The van der Waals surface area contributed by atoms with Gasteiger partial charge in [-0.25, -0.2) is 14.8 Å². The molecule has 1 saturated heterocycles. The van der Waals surface area contributed by atoms with Crippen molar-refractivity contribution in [3.63, 3.8) is 0 Å². The Labute approximate surface area is 203 Å². The van der Waals surface area contributed by atoms with Gasteiger partial charge in [0.15, 0.2) is 5.65 Å².